The fraction of sp³-hybridized carbons (Fsp3) is 0. The lowest BCUT2D eigenvalue weighted by Gasteiger charge is -1.91. The van der Waals surface area contributed by atoms with Gasteiger partial charge in [-0.3, -0.25) is 4.79 Å². The van der Waals surface area contributed by atoms with Crippen LogP contribution in [-0.2, 0) is 0 Å². The second-order valence-corrected chi connectivity index (χ2v) is 2.89. The number of benzene rings is 1. The average Bonchev–Trinajstić information content (AvgIpc) is 2.05. The van der Waals surface area contributed by atoms with Crippen LogP contribution in [0.1, 0.15) is 10.4 Å². The second-order valence-electron chi connectivity index (χ2n) is 1.91. The first kappa shape index (κ1) is 8.32. The fourth-order valence-corrected chi connectivity index (χ4v) is 1.01. The summed E-state index contributed by atoms with van der Waals surface area (Å²) in [5.41, 5.74) is 0.921. The van der Waals surface area contributed by atoms with Crippen molar-refractivity contribution < 1.29 is 4.79 Å². The number of hydrogen-bond donors (Lipinski definition) is 0. The minimum absolute atomic E-state index is 0.0416. The van der Waals surface area contributed by atoms with Crippen molar-refractivity contribution in [1.29, 1.82) is 0 Å². The Morgan fingerprint density at radius 1 is 1.27 bits per heavy atom. The molecule has 0 bridgehead atoms. The predicted octanol–water partition coefficient (Wildman–Crippen LogP) is 2.66. The van der Waals surface area contributed by atoms with E-state index in [0.717, 1.165) is 0 Å². The molecule has 0 unspecified atom stereocenters. The monoisotopic (exact) mass is 261 g/mol. The molecule has 0 atom stereocenters. The van der Waals surface area contributed by atoms with Crippen molar-refractivity contribution >= 4 is 32.1 Å². The Hall–Kier alpha value is -0.780. The summed E-state index contributed by atoms with van der Waals surface area (Å²) in [6.07, 6.45) is 0. The highest BCUT2D eigenvalue weighted by atomic mass is 127. The van der Waals surface area contributed by atoms with E-state index in [1.807, 2.05) is 0 Å². The van der Waals surface area contributed by atoms with Gasteiger partial charge >= 0.3 is 0 Å². The normalized spacial score (nSPS) is 9.18. The molecule has 0 aromatic heterocycles. The van der Waals surface area contributed by atoms with Gasteiger partial charge in [0.15, 0.2) is 0 Å². The zero-order valence-corrected chi connectivity index (χ0v) is 7.61. The molecule has 0 radical (unpaired) electrons. The van der Waals surface area contributed by atoms with Crippen LogP contribution in [0.5, 0.6) is 0 Å². The summed E-state index contributed by atoms with van der Waals surface area (Å²) in [5.74, 6) is 0. The van der Waals surface area contributed by atoms with Crippen LogP contribution in [0.15, 0.2) is 29.4 Å². The summed E-state index contributed by atoms with van der Waals surface area (Å²) in [6.45, 7) is 0. The first-order valence-electron chi connectivity index (χ1n) is 2.87. The summed E-state index contributed by atoms with van der Waals surface area (Å²) < 4.78 is -0.0416. The lowest BCUT2D eigenvalue weighted by Crippen LogP contribution is -1.84. The minimum Gasteiger partial charge on any atom is -0.282 e. The number of rotatable bonds is 2. The average molecular weight is 261 g/mol. The van der Waals surface area contributed by atoms with E-state index in [-0.39, 0.29) is 3.79 Å². The van der Waals surface area contributed by atoms with E-state index < -0.39 is 0 Å². The molecule has 0 saturated carbocycles. The molecule has 1 aromatic carbocycles. The highest BCUT2D eigenvalue weighted by Crippen LogP contribution is 2.13. The van der Waals surface area contributed by atoms with Crippen LogP contribution in [0.4, 0.5) is 5.69 Å². The van der Waals surface area contributed by atoms with Crippen LogP contribution in [-0.4, -0.2) is 3.79 Å². The van der Waals surface area contributed by atoms with Gasteiger partial charge < -0.3 is 0 Å². The molecule has 0 amide bonds. The van der Waals surface area contributed by atoms with E-state index >= 15 is 0 Å². The maximum absolute atomic E-state index is 10.7. The molecule has 0 aliphatic carbocycles. The number of nitroso groups, excluding NO2 is 1. The third-order valence-corrected chi connectivity index (χ3v) is 1.82. The van der Waals surface area contributed by atoms with E-state index in [2.05, 4.69) is 5.18 Å². The van der Waals surface area contributed by atoms with Crippen molar-refractivity contribution in [3.8, 4) is 0 Å². The predicted molar refractivity (Wildman–Crippen MR) is 50.2 cm³/mol. The molecular formula is C7H4INO2. The van der Waals surface area contributed by atoms with E-state index in [0.29, 0.717) is 11.3 Å². The van der Waals surface area contributed by atoms with Crippen LogP contribution in [0, 0.1) is 4.91 Å². The number of carbonyl (C=O) groups is 1. The van der Waals surface area contributed by atoms with E-state index in [1.165, 1.54) is 12.1 Å². The van der Waals surface area contributed by atoms with Gasteiger partial charge in [-0.15, -0.1) is 4.91 Å². The molecule has 56 valence electrons. The van der Waals surface area contributed by atoms with Crippen LogP contribution in [0.3, 0.4) is 0 Å². The Labute approximate surface area is 76.9 Å². The summed E-state index contributed by atoms with van der Waals surface area (Å²) in [7, 11) is 0. The SMILES string of the molecule is O=Nc1ccc(C(=O)I)cc1. The summed E-state index contributed by atoms with van der Waals surface area (Å²) in [6, 6.07) is 6.18. The van der Waals surface area contributed by atoms with Crippen LogP contribution >= 0.6 is 22.6 Å². The molecule has 4 heteroatoms. The smallest absolute Gasteiger partial charge is 0.222 e. The third kappa shape index (κ3) is 2.07. The molecule has 1 rings (SSSR count). The molecule has 1 aromatic rings. The Bertz CT molecular complexity index is 281. The lowest BCUT2D eigenvalue weighted by molar-refractivity contribution is 0.110. The molecule has 3 nitrogen and oxygen atoms in total. The van der Waals surface area contributed by atoms with Crippen molar-refractivity contribution in [1.82, 2.24) is 0 Å². The number of nitrogens with zero attached hydrogens (tertiary/aromatic N) is 1. The van der Waals surface area contributed by atoms with E-state index in [9.17, 15) is 9.70 Å². The van der Waals surface area contributed by atoms with Crippen LogP contribution in [0.2, 0.25) is 0 Å². The first-order valence-corrected chi connectivity index (χ1v) is 3.95. The molecule has 0 aliphatic heterocycles. The van der Waals surface area contributed by atoms with Crippen molar-refractivity contribution in [2.75, 3.05) is 0 Å². The molecule has 0 aliphatic rings. The summed E-state index contributed by atoms with van der Waals surface area (Å²) in [4.78, 5) is 20.7. The summed E-state index contributed by atoms with van der Waals surface area (Å²) in [5, 5.41) is 2.71. The van der Waals surface area contributed by atoms with Gasteiger partial charge in [-0.25, -0.2) is 0 Å². The van der Waals surface area contributed by atoms with Gasteiger partial charge in [0, 0.05) is 28.2 Å². The van der Waals surface area contributed by atoms with Crippen LogP contribution in [0.25, 0.3) is 0 Å². The van der Waals surface area contributed by atoms with Crippen LogP contribution < -0.4 is 0 Å². The van der Waals surface area contributed by atoms with Crippen molar-refractivity contribution in [2.45, 2.75) is 0 Å². The molecule has 0 N–H and O–H groups in total. The van der Waals surface area contributed by atoms with E-state index in [4.69, 9.17) is 0 Å². The maximum Gasteiger partial charge on any atom is 0.222 e. The van der Waals surface area contributed by atoms with E-state index in [1.54, 1.807) is 34.7 Å². The molecule has 0 heterocycles. The van der Waals surface area contributed by atoms with Crippen molar-refractivity contribution in [2.24, 2.45) is 5.18 Å². The Balaban J connectivity index is 3.00. The molecule has 0 spiro atoms. The van der Waals surface area contributed by atoms with Gasteiger partial charge in [-0.2, -0.15) is 0 Å². The summed E-state index contributed by atoms with van der Waals surface area (Å²) >= 11 is 1.68. The van der Waals surface area contributed by atoms with Gasteiger partial charge in [0.1, 0.15) is 5.69 Å². The minimum atomic E-state index is -0.0416. The lowest BCUT2D eigenvalue weighted by atomic mass is 10.2. The van der Waals surface area contributed by atoms with Gasteiger partial charge in [0.05, 0.1) is 0 Å². The second kappa shape index (κ2) is 3.56. The van der Waals surface area contributed by atoms with Gasteiger partial charge in [-0.05, 0) is 29.4 Å². The first-order chi connectivity index (χ1) is 5.24. The number of hydrogen-bond acceptors (Lipinski definition) is 3. The Kier molecular flexibility index (Phi) is 2.70. The quantitative estimate of drug-likeness (QED) is 0.466. The largest absolute Gasteiger partial charge is 0.282 e. The number of carbonyl (C=O) groups excluding carboxylic acids is 1. The highest BCUT2D eigenvalue weighted by Gasteiger charge is 1.99. The zero-order chi connectivity index (χ0) is 8.27. The Morgan fingerprint density at radius 2 is 1.82 bits per heavy atom. The van der Waals surface area contributed by atoms with Crippen molar-refractivity contribution in [3.63, 3.8) is 0 Å². The zero-order valence-electron chi connectivity index (χ0n) is 5.45. The number of halogens is 1. The van der Waals surface area contributed by atoms with Crippen molar-refractivity contribution in [3.05, 3.63) is 34.7 Å². The topological polar surface area (TPSA) is 46.5 Å². The highest BCUT2D eigenvalue weighted by molar-refractivity contribution is 14.1. The Morgan fingerprint density at radius 3 is 2.18 bits per heavy atom. The van der Waals surface area contributed by atoms with Gasteiger partial charge in [0.25, 0.3) is 0 Å². The molecule has 11 heavy (non-hydrogen) atoms. The van der Waals surface area contributed by atoms with Gasteiger partial charge in [0.2, 0.25) is 3.79 Å². The molecular weight excluding hydrogens is 257 g/mol. The maximum atomic E-state index is 10.7. The standard InChI is InChI=1S/C7H4INO2/c8-7(10)5-1-3-6(9-11)4-2-5/h1-4H. The third-order valence-electron chi connectivity index (χ3n) is 1.20. The fourth-order valence-electron chi connectivity index (χ4n) is 0.653. The molecule has 0 fully saturated rings. The molecule has 0 saturated heterocycles. The van der Waals surface area contributed by atoms with Gasteiger partial charge in [-0.1, -0.05) is 0 Å².